The van der Waals surface area contributed by atoms with Crippen LogP contribution in [0.5, 0.6) is 0 Å². The van der Waals surface area contributed by atoms with Gasteiger partial charge in [0.1, 0.15) is 6.10 Å². The first-order chi connectivity index (χ1) is 17.6. The summed E-state index contributed by atoms with van der Waals surface area (Å²) in [6.45, 7) is 4.16. The number of rotatable bonds is 8. The smallest absolute Gasteiger partial charge is 0.367 e. The zero-order chi connectivity index (χ0) is 26.6. The van der Waals surface area contributed by atoms with Crippen LogP contribution in [0.2, 0.25) is 5.02 Å². The highest BCUT2D eigenvalue weighted by atomic mass is 35.5. The van der Waals surface area contributed by atoms with Crippen molar-refractivity contribution in [1.29, 1.82) is 0 Å². The van der Waals surface area contributed by atoms with Crippen molar-refractivity contribution in [2.75, 3.05) is 39.3 Å². The Hall–Kier alpha value is -2.43. The molecule has 37 heavy (non-hydrogen) atoms. The summed E-state index contributed by atoms with van der Waals surface area (Å²) in [5.74, 6) is 0. The van der Waals surface area contributed by atoms with Gasteiger partial charge in [-0.2, -0.15) is 17.5 Å². The summed E-state index contributed by atoms with van der Waals surface area (Å²) in [6, 6.07) is 19.2. The minimum absolute atomic E-state index is 0.212. The molecule has 1 atom stereocenters. The number of nitrogens with zero attached hydrogens (tertiary/aromatic N) is 2. The minimum atomic E-state index is -4.44. The van der Waals surface area contributed by atoms with Gasteiger partial charge in [-0.25, -0.2) is 8.42 Å². The van der Waals surface area contributed by atoms with Crippen LogP contribution >= 0.6 is 11.6 Å². The van der Waals surface area contributed by atoms with E-state index in [-0.39, 0.29) is 11.5 Å². The van der Waals surface area contributed by atoms with Gasteiger partial charge in [0.2, 0.25) is 10.0 Å². The van der Waals surface area contributed by atoms with Gasteiger partial charge in [-0.15, -0.1) is 0 Å². The molecular formula is C27H28ClF3N2O3S. The standard InChI is InChI=1S/C27H28ClF3N2O3S/c1-20-24(28)11-6-12-25(20)37(34,35)33-15-13-32(14-16-33)17-18-36-26(21-7-3-2-4-8-21)22-9-5-10-23(19-22)27(29,30)31/h2-12,19,26H,13-18H2,1H3/t26-/m0/s1. The first kappa shape index (κ1) is 27.6. The number of piperazine rings is 1. The summed E-state index contributed by atoms with van der Waals surface area (Å²) in [4.78, 5) is 2.30. The van der Waals surface area contributed by atoms with Crippen molar-refractivity contribution in [3.05, 3.63) is 100 Å². The van der Waals surface area contributed by atoms with Crippen molar-refractivity contribution >= 4 is 21.6 Å². The van der Waals surface area contributed by atoms with Crippen LogP contribution in [0.4, 0.5) is 13.2 Å². The van der Waals surface area contributed by atoms with Gasteiger partial charge in [0.25, 0.3) is 0 Å². The molecule has 0 saturated carbocycles. The molecule has 0 radical (unpaired) electrons. The average Bonchev–Trinajstić information content (AvgIpc) is 2.88. The van der Waals surface area contributed by atoms with E-state index in [0.717, 1.165) is 17.7 Å². The molecular weight excluding hydrogens is 525 g/mol. The van der Waals surface area contributed by atoms with Crippen LogP contribution in [-0.4, -0.2) is 57.0 Å². The summed E-state index contributed by atoms with van der Waals surface area (Å²) in [5.41, 5.74) is 0.992. The number of hydrogen-bond acceptors (Lipinski definition) is 4. The molecule has 5 nitrogen and oxygen atoms in total. The van der Waals surface area contributed by atoms with E-state index in [9.17, 15) is 21.6 Å². The second kappa shape index (κ2) is 11.5. The molecule has 1 saturated heterocycles. The SMILES string of the molecule is Cc1c(Cl)cccc1S(=O)(=O)N1CCN(CCO[C@@H](c2ccccc2)c2cccc(C(F)(F)F)c2)CC1. The fourth-order valence-electron chi connectivity index (χ4n) is 4.39. The van der Waals surface area contributed by atoms with Crippen molar-refractivity contribution in [1.82, 2.24) is 9.21 Å². The van der Waals surface area contributed by atoms with Crippen LogP contribution in [-0.2, 0) is 20.9 Å². The molecule has 4 rings (SSSR count). The van der Waals surface area contributed by atoms with Gasteiger partial charge in [0.05, 0.1) is 17.1 Å². The third-order valence-electron chi connectivity index (χ3n) is 6.48. The van der Waals surface area contributed by atoms with Gasteiger partial charge >= 0.3 is 6.18 Å². The largest absolute Gasteiger partial charge is 0.416 e. The van der Waals surface area contributed by atoms with Gasteiger partial charge in [-0.3, -0.25) is 4.90 Å². The Morgan fingerprint density at radius 2 is 1.57 bits per heavy atom. The molecule has 0 bridgehead atoms. The number of benzene rings is 3. The maximum atomic E-state index is 13.3. The third-order valence-corrected chi connectivity index (χ3v) is 8.93. The van der Waals surface area contributed by atoms with Crippen molar-refractivity contribution < 1.29 is 26.3 Å². The predicted molar refractivity (Wildman–Crippen MR) is 137 cm³/mol. The van der Waals surface area contributed by atoms with E-state index >= 15 is 0 Å². The fraction of sp³-hybridized carbons (Fsp3) is 0.333. The first-order valence-electron chi connectivity index (χ1n) is 11.9. The molecule has 10 heteroatoms. The molecule has 0 unspecified atom stereocenters. The Labute approximate surface area is 220 Å². The zero-order valence-corrected chi connectivity index (χ0v) is 21.9. The molecule has 0 spiro atoms. The lowest BCUT2D eigenvalue weighted by Gasteiger charge is -2.34. The second-order valence-corrected chi connectivity index (χ2v) is 11.2. The van der Waals surface area contributed by atoms with Crippen LogP contribution < -0.4 is 0 Å². The first-order valence-corrected chi connectivity index (χ1v) is 13.7. The molecule has 0 amide bonds. The average molecular weight is 553 g/mol. The van der Waals surface area contributed by atoms with Gasteiger partial charge in [-0.1, -0.05) is 60.1 Å². The zero-order valence-electron chi connectivity index (χ0n) is 20.3. The Bertz CT molecular complexity index is 1310. The van der Waals surface area contributed by atoms with Crippen molar-refractivity contribution in [3.63, 3.8) is 0 Å². The lowest BCUT2D eigenvalue weighted by atomic mass is 9.99. The van der Waals surface area contributed by atoms with E-state index in [1.165, 1.54) is 10.4 Å². The Morgan fingerprint density at radius 3 is 2.24 bits per heavy atom. The molecule has 0 aromatic heterocycles. The van der Waals surface area contributed by atoms with E-state index in [1.54, 1.807) is 31.2 Å². The molecule has 0 N–H and O–H groups in total. The van der Waals surface area contributed by atoms with Crippen molar-refractivity contribution in [3.8, 4) is 0 Å². The lowest BCUT2D eigenvalue weighted by Crippen LogP contribution is -2.49. The van der Waals surface area contributed by atoms with Crippen molar-refractivity contribution in [2.45, 2.75) is 24.1 Å². The number of alkyl halides is 3. The van der Waals surface area contributed by atoms with Crippen molar-refractivity contribution in [2.24, 2.45) is 0 Å². The van der Waals surface area contributed by atoms with Gasteiger partial charge in [0, 0.05) is 37.7 Å². The Morgan fingerprint density at radius 1 is 0.919 bits per heavy atom. The summed E-state index contributed by atoms with van der Waals surface area (Å²) in [7, 11) is -3.66. The van der Waals surface area contributed by atoms with E-state index in [2.05, 4.69) is 4.90 Å². The molecule has 1 aliphatic heterocycles. The van der Waals surface area contributed by atoms with Gasteiger partial charge < -0.3 is 4.74 Å². The lowest BCUT2D eigenvalue weighted by molar-refractivity contribution is -0.137. The predicted octanol–water partition coefficient (Wildman–Crippen LogP) is 5.78. The second-order valence-electron chi connectivity index (χ2n) is 8.89. The normalized spacial score (nSPS) is 16.6. The number of halogens is 4. The monoisotopic (exact) mass is 552 g/mol. The molecule has 1 fully saturated rings. The Kier molecular flexibility index (Phi) is 8.60. The summed E-state index contributed by atoms with van der Waals surface area (Å²) < 4.78 is 73.7. The van der Waals surface area contributed by atoms with E-state index < -0.39 is 27.9 Å². The summed E-state index contributed by atoms with van der Waals surface area (Å²) in [5, 5.41) is 0.408. The molecule has 3 aromatic carbocycles. The highest BCUT2D eigenvalue weighted by Crippen LogP contribution is 2.33. The van der Waals surface area contributed by atoms with E-state index in [0.29, 0.717) is 48.9 Å². The van der Waals surface area contributed by atoms with Crippen LogP contribution in [0.1, 0.15) is 28.4 Å². The number of sulfonamides is 1. The molecule has 0 aliphatic carbocycles. The number of hydrogen-bond donors (Lipinski definition) is 0. The van der Waals surface area contributed by atoms with Gasteiger partial charge in [-0.05, 0) is 47.9 Å². The number of ether oxygens (including phenoxy) is 1. The van der Waals surface area contributed by atoms with Crippen LogP contribution in [0.3, 0.4) is 0 Å². The maximum Gasteiger partial charge on any atom is 0.416 e. The third kappa shape index (κ3) is 6.53. The quantitative estimate of drug-likeness (QED) is 0.355. The maximum absolute atomic E-state index is 13.3. The van der Waals surface area contributed by atoms with E-state index in [4.69, 9.17) is 16.3 Å². The molecule has 1 aliphatic rings. The molecule has 3 aromatic rings. The van der Waals surface area contributed by atoms with Crippen LogP contribution in [0, 0.1) is 6.92 Å². The summed E-state index contributed by atoms with van der Waals surface area (Å²) >= 11 is 6.12. The van der Waals surface area contributed by atoms with E-state index in [1.807, 2.05) is 30.3 Å². The highest BCUT2D eigenvalue weighted by Gasteiger charge is 2.32. The summed E-state index contributed by atoms with van der Waals surface area (Å²) in [6.07, 6.45) is -5.10. The molecule has 198 valence electrons. The molecule has 1 heterocycles. The fourth-order valence-corrected chi connectivity index (χ4v) is 6.29. The highest BCUT2D eigenvalue weighted by molar-refractivity contribution is 7.89. The topological polar surface area (TPSA) is 49.9 Å². The Balaban J connectivity index is 1.39. The minimum Gasteiger partial charge on any atom is -0.367 e. The van der Waals surface area contributed by atoms with Gasteiger partial charge in [0.15, 0.2) is 0 Å². The van der Waals surface area contributed by atoms with Crippen LogP contribution in [0.15, 0.2) is 77.7 Å². The van der Waals surface area contributed by atoms with Crippen LogP contribution in [0.25, 0.3) is 0 Å².